The maximum absolute atomic E-state index is 11.6. The third-order valence-corrected chi connectivity index (χ3v) is 3.09. The Hall–Kier alpha value is -1.55. The van der Waals surface area contributed by atoms with Crippen LogP contribution >= 0.6 is 0 Å². The van der Waals surface area contributed by atoms with Crippen molar-refractivity contribution in [2.75, 3.05) is 6.54 Å². The van der Waals surface area contributed by atoms with Crippen LogP contribution in [0, 0.1) is 0 Å². The SMILES string of the molecule is CCCNC(C)(CC(C)Oc1ccccc1)C(N)=O. The molecule has 2 atom stereocenters. The van der Waals surface area contributed by atoms with Crippen LogP contribution in [-0.4, -0.2) is 24.1 Å². The second kappa shape index (κ2) is 7.14. The Balaban J connectivity index is 2.61. The van der Waals surface area contributed by atoms with Gasteiger partial charge in [0.2, 0.25) is 5.91 Å². The Morgan fingerprint density at radius 1 is 1.42 bits per heavy atom. The van der Waals surface area contributed by atoms with E-state index in [-0.39, 0.29) is 12.0 Å². The van der Waals surface area contributed by atoms with Crippen molar-refractivity contribution < 1.29 is 9.53 Å². The summed E-state index contributed by atoms with van der Waals surface area (Å²) in [7, 11) is 0. The number of hydrogen-bond donors (Lipinski definition) is 2. The topological polar surface area (TPSA) is 64.3 Å². The molecule has 0 aromatic heterocycles. The molecule has 0 heterocycles. The van der Waals surface area contributed by atoms with Crippen LogP contribution in [0.1, 0.15) is 33.6 Å². The number of amides is 1. The fourth-order valence-electron chi connectivity index (χ4n) is 2.01. The smallest absolute Gasteiger partial charge is 0.237 e. The van der Waals surface area contributed by atoms with E-state index >= 15 is 0 Å². The van der Waals surface area contributed by atoms with Gasteiger partial charge in [0.05, 0.1) is 11.6 Å². The number of ether oxygens (including phenoxy) is 1. The van der Waals surface area contributed by atoms with Gasteiger partial charge in [0.15, 0.2) is 0 Å². The van der Waals surface area contributed by atoms with Crippen LogP contribution in [0.25, 0.3) is 0 Å². The minimum absolute atomic E-state index is 0.0933. The third kappa shape index (κ3) is 4.91. The molecule has 1 aromatic rings. The summed E-state index contributed by atoms with van der Waals surface area (Å²) in [5.41, 5.74) is 4.76. The normalized spacial score (nSPS) is 15.5. The molecule has 0 aliphatic rings. The summed E-state index contributed by atoms with van der Waals surface area (Å²) in [4.78, 5) is 11.6. The Morgan fingerprint density at radius 3 is 2.58 bits per heavy atom. The summed E-state index contributed by atoms with van der Waals surface area (Å²) in [6.45, 7) is 6.59. The van der Waals surface area contributed by atoms with E-state index < -0.39 is 5.54 Å². The minimum Gasteiger partial charge on any atom is -0.491 e. The molecule has 0 spiro atoms. The van der Waals surface area contributed by atoms with E-state index in [0.717, 1.165) is 18.7 Å². The Kier molecular flexibility index (Phi) is 5.83. The predicted molar refractivity (Wildman–Crippen MR) is 77.0 cm³/mol. The molecular formula is C15H24N2O2. The molecule has 0 fully saturated rings. The minimum atomic E-state index is -0.732. The van der Waals surface area contributed by atoms with Crippen molar-refractivity contribution in [1.29, 1.82) is 0 Å². The quantitative estimate of drug-likeness (QED) is 0.755. The van der Waals surface area contributed by atoms with Crippen LogP contribution in [0.3, 0.4) is 0 Å². The average Bonchev–Trinajstić information content (AvgIpc) is 2.37. The number of hydrogen-bond acceptors (Lipinski definition) is 3. The molecule has 4 heteroatoms. The summed E-state index contributed by atoms with van der Waals surface area (Å²) in [5.74, 6) is 0.460. The van der Waals surface area contributed by atoms with Crippen molar-refractivity contribution in [2.45, 2.75) is 45.3 Å². The maximum Gasteiger partial charge on any atom is 0.237 e. The molecule has 1 rings (SSSR count). The van der Waals surface area contributed by atoms with Crippen molar-refractivity contribution in [3.63, 3.8) is 0 Å². The first-order valence-corrected chi connectivity index (χ1v) is 6.74. The van der Waals surface area contributed by atoms with Gasteiger partial charge in [-0.05, 0) is 38.9 Å². The highest BCUT2D eigenvalue weighted by atomic mass is 16.5. The van der Waals surface area contributed by atoms with Gasteiger partial charge < -0.3 is 15.8 Å². The van der Waals surface area contributed by atoms with Gasteiger partial charge in [-0.3, -0.25) is 4.79 Å². The molecule has 0 aliphatic carbocycles. The molecule has 2 unspecified atom stereocenters. The number of nitrogens with one attached hydrogen (secondary N) is 1. The number of benzene rings is 1. The van der Waals surface area contributed by atoms with E-state index in [1.165, 1.54) is 0 Å². The van der Waals surface area contributed by atoms with Gasteiger partial charge in [0, 0.05) is 6.42 Å². The van der Waals surface area contributed by atoms with Crippen molar-refractivity contribution in [2.24, 2.45) is 5.73 Å². The van der Waals surface area contributed by atoms with Gasteiger partial charge in [0.25, 0.3) is 0 Å². The first-order valence-electron chi connectivity index (χ1n) is 6.74. The Morgan fingerprint density at radius 2 is 2.05 bits per heavy atom. The molecule has 4 nitrogen and oxygen atoms in total. The van der Waals surface area contributed by atoms with E-state index in [1.54, 1.807) is 0 Å². The van der Waals surface area contributed by atoms with Crippen LogP contribution < -0.4 is 15.8 Å². The Labute approximate surface area is 115 Å². The van der Waals surface area contributed by atoms with Crippen LogP contribution in [0.5, 0.6) is 5.75 Å². The number of nitrogens with two attached hydrogens (primary N) is 1. The van der Waals surface area contributed by atoms with Crippen LogP contribution in [0.2, 0.25) is 0 Å². The van der Waals surface area contributed by atoms with Crippen LogP contribution in [0.15, 0.2) is 30.3 Å². The average molecular weight is 264 g/mol. The fourth-order valence-corrected chi connectivity index (χ4v) is 2.01. The monoisotopic (exact) mass is 264 g/mol. The molecule has 0 aliphatic heterocycles. The molecule has 0 bridgehead atoms. The maximum atomic E-state index is 11.6. The van der Waals surface area contributed by atoms with E-state index in [1.807, 2.05) is 44.2 Å². The largest absolute Gasteiger partial charge is 0.491 e. The van der Waals surface area contributed by atoms with Crippen molar-refractivity contribution in [3.8, 4) is 5.75 Å². The summed E-state index contributed by atoms with van der Waals surface area (Å²) in [6.07, 6.45) is 1.40. The molecule has 19 heavy (non-hydrogen) atoms. The van der Waals surface area contributed by atoms with E-state index in [4.69, 9.17) is 10.5 Å². The third-order valence-electron chi connectivity index (χ3n) is 3.09. The molecule has 3 N–H and O–H groups in total. The lowest BCUT2D eigenvalue weighted by Crippen LogP contribution is -2.55. The van der Waals surface area contributed by atoms with Crippen LogP contribution in [0.4, 0.5) is 0 Å². The molecule has 106 valence electrons. The predicted octanol–water partition coefficient (Wildman–Crippen LogP) is 2.09. The van der Waals surface area contributed by atoms with Gasteiger partial charge in [-0.1, -0.05) is 25.1 Å². The molecule has 0 radical (unpaired) electrons. The first kappa shape index (κ1) is 15.5. The summed E-state index contributed by atoms with van der Waals surface area (Å²) < 4.78 is 5.79. The number of carbonyl (C=O) groups is 1. The lowest BCUT2D eigenvalue weighted by Gasteiger charge is -2.30. The van der Waals surface area contributed by atoms with E-state index in [9.17, 15) is 4.79 Å². The van der Waals surface area contributed by atoms with Crippen molar-refractivity contribution >= 4 is 5.91 Å². The zero-order valence-electron chi connectivity index (χ0n) is 12.0. The second-order valence-corrected chi connectivity index (χ2v) is 5.07. The summed E-state index contributed by atoms with van der Waals surface area (Å²) in [5, 5.41) is 3.21. The lowest BCUT2D eigenvalue weighted by atomic mass is 9.93. The highest BCUT2D eigenvalue weighted by Crippen LogP contribution is 2.18. The summed E-state index contributed by atoms with van der Waals surface area (Å²) in [6, 6.07) is 9.58. The number of para-hydroxylation sites is 1. The van der Waals surface area contributed by atoms with E-state index in [0.29, 0.717) is 6.42 Å². The second-order valence-electron chi connectivity index (χ2n) is 5.07. The zero-order valence-corrected chi connectivity index (χ0v) is 12.0. The molecule has 1 amide bonds. The number of rotatable bonds is 8. The molecular weight excluding hydrogens is 240 g/mol. The van der Waals surface area contributed by atoms with E-state index in [2.05, 4.69) is 12.2 Å². The zero-order chi connectivity index (χ0) is 14.3. The van der Waals surface area contributed by atoms with Gasteiger partial charge in [-0.2, -0.15) is 0 Å². The molecule has 0 saturated heterocycles. The van der Waals surface area contributed by atoms with Crippen molar-refractivity contribution in [1.82, 2.24) is 5.32 Å². The van der Waals surface area contributed by atoms with Gasteiger partial charge in [-0.15, -0.1) is 0 Å². The van der Waals surface area contributed by atoms with Crippen LogP contribution in [-0.2, 0) is 4.79 Å². The van der Waals surface area contributed by atoms with Gasteiger partial charge in [-0.25, -0.2) is 0 Å². The fraction of sp³-hybridized carbons (Fsp3) is 0.533. The first-order chi connectivity index (χ1) is 8.98. The Bertz CT molecular complexity index is 394. The molecule has 0 saturated carbocycles. The number of primary amides is 1. The highest BCUT2D eigenvalue weighted by Gasteiger charge is 2.32. The van der Waals surface area contributed by atoms with Gasteiger partial charge >= 0.3 is 0 Å². The lowest BCUT2D eigenvalue weighted by molar-refractivity contribution is -0.124. The standard InChI is InChI=1S/C15H24N2O2/c1-4-10-17-15(3,14(16)18)11-12(2)19-13-8-6-5-7-9-13/h5-9,12,17H,4,10-11H2,1-3H3,(H2,16,18). The highest BCUT2D eigenvalue weighted by molar-refractivity contribution is 5.84. The van der Waals surface area contributed by atoms with Crippen molar-refractivity contribution in [3.05, 3.63) is 30.3 Å². The van der Waals surface area contributed by atoms with Gasteiger partial charge in [0.1, 0.15) is 5.75 Å². The molecule has 1 aromatic carbocycles. The summed E-state index contributed by atoms with van der Waals surface area (Å²) >= 11 is 0. The number of carbonyl (C=O) groups excluding carboxylic acids is 1.